The minimum absolute atomic E-state index is 0.309. The lowest BCUT2D eigenvalue weighted by Gasteiger charge is -2.12. The van der Waals surface area contributed by atoms with Crippen LogP contribution in [-0.4, -0.2) is 44.6 Å². The van der Waals surface area contributed by atoms with E-state index < -0.39 is 12.1 Å². The number of carboxylic acid groups (broad SMARTS) is 1. The summed E-state index contributed by atoms with van der Waals surface area (Å²) >= 11 is 0. The number of ether oxygens (including phenoxy) is 4. The minimum Gasteiger partial charge on any atom is -0.493 e. The van der Waals surface area contributed by atoms with Gasteiger partial charge in [0.15, 0.2) is 17.6 Å². The van der Waals surface area contributed by atoms with Gasteiger partial charge < -0.3 is 24.1 Å². The van der Waals surface area contributed by atoms with Crippen molar-refractivity contribution in [2.75, 3.05) is 27.4 Å². The lowest BCUT2D eigenvalue weighted by molar-refractivity contribution is -0.148. The SMILES string of the molecule is COc1ccccc1OCCOc1ccc(C[C@H](OC)C(=O)O)cc1. The van der Waals surface area contributed by atoms with Crippen molar-refractivity contribution in [3.05, 3.63) is 54.1 Å². The quantitative estimate of drug-likeness (QED) is 0.667. The summed E-state index contributed by atoms with van der Waals surface area (Å²) in [5.41, 5.74) is 0.867. The molecule has 1 N–H and O–H groups in total. The van der Waals surface area contributed by atoms with Gasteiger partial charge in [0.05, 0.1) is 7.11 Å². The summed E-state index contributed by atoms with van der Waals surface area (Å²) in [7, 11) is 2.98. The van der Waals surface area contributed by atoms with Crippen LogP contribution in [0, 0.1) is 0 Å². The first kappa shape index (κ1) is 18.6. The third-order valence-electron chi connectivity index (χ3n) is 3.58. The van der Waals surface area contributed by atoms with E-state index in [1.54, 1.807) is 19.2 Å². The summed E-state index contributed by atoms with van der Waals surface area (Å²) in [4.78, 5) is 11.0. The van der Waals surface area contributed by atoms with Gasteiger partial charge in [-0.1, -0.05) is 24.3 Å². The second kappa shape index (κ2) is 9.54. The van der Waals surface area contributed by atoms with Crippen molar-refractivity contribution in [2.45, 2.75) is 12.5 Å². The molecule has 0 aromatic heterocycles. The number of para-hydroxylation sites is 2. The van der Waals surface area contributed by atoms with Crippen LogP contribution in [0.5, 0.6) is 17.2 Å². The largest absolute Gasteiger partial charge is 0.493 e. The van der Waals surface area contributed by atoms with Gasteiger partial charge in [0.2, 0.25) is 0 Å². The highest BCUT2D eigenvalue weighted by molar-refractivity contribution is 5.72. The Morgan fingerprint density at radius 3 is 2.20 bits per heavy atom. The highest BCUT2D eigenvalue weighted by Gasteiger charge is 2.16. The minimum atomic E-state index is -0.976. The molecule has 0 radical (unpaired) electrons. The molecule has 0 saturated carbocycles. The number of carbonyl (C=O) groups is 1. The number of rotatable bonds is 10. The van der Waals surface area contributed by atoms with E-state index in [9.17, 15) is 4.79 Å². The van der Waals surface area contributed by atoms with Gasteiger partial charge in [-0.15, -0.1) is 0 Å². The van der Waals surface area contributed by atoms with Crippen molar-refractivity contribution in [1.29, 1.82) is 0 Å². The molecule has 6 heteroatoms. The van der Waals surface area contributed by atoms with Crippen LogP contribution in [0.3, 0.4) is 0 Å². The maximum atomic E-state index is 11.0. The molecule has 0 unspecified atom stereocenters. The number of benzene rings is 2. The molecule has 0 aliphatic rings. The molecule has 2 rings (SSSR count). The van der Waals surface area contributed by atoms with Crippen molar-refractivity contribution in [3.63, 3.8) is 0 Å². The monoisotopic (exact) mass is 346 g/mol. The van der Waals surface area contributed by atoms with Crippen LogP contribution >= 0.6 is 0 Å². The second-order valence-electron chi connectivity index (χ2n) is 5.26. The molecule has 0 saturated heterocycles. The highest BCUT2D eigenvalue weighted by Crippen LogP contribution is 2.25. The van der Waals surface area contributed by atoms with Gasteiger partial charge in [-0.05, 0) is 29.8 Å². The second-order valence-corrected chi connectivity index (χ2v) is 5.26. The van der Waals surface area contributed by atoms with Crippen LogP contribution in [0.2, 0.25) is 0 Å². The highest BCUT2D eigenvalue weighted by atomic mass is 16.5. The lowest BCUT2D eigenvalue weighted by Crippen LogP contribution is -2.24. The molecule has 0 heterocycles. The summed E-state index contributed by atoms with van der Waals surface area (Å²) < 4.78 is 21.4. The predicted molar refractivity (Wildman–Crippen MR) is 92.6 cm³/mol. The zero-order valence-electron chi connectivity index (χ0n) is 14.3. The molecule has 0 amide bonds. The molecule has 2 aromatic carbocycles. The lowest BCUT2D eigenvalue weighted by atomic mass is 10.1. The third kappa shape index (κ3) is 5.69. The van der Waals surface area contributed by atoms with Crippen molar-refractivity contribution in [2.24, 2.45) is 0 Å². The predicted octanol–water partition coefficient (Wildman–Crippen LogP) is 2.80. The van der Waals surface area contributed by atoms with Gasteiger partial charge in [-0.3, -0.25) is 0 Å². The maximum Gasteiger partial charge on any atom is 0.333 e. The smallest absolute Gasteiger partial charge is 0.333 e. The number of aliphatic carboxylic acids is 1. The van der Waals surface area contributed by atoms with Crippen LogP contribution in [0.1, 0.15) is 5.56 Å². The Kier molecular flexibility index (Phi) is 7.10. The number of methoxy groups -OCH3 is 2. The zero-order valence-corrected chi connectivity index (χ0v) is 14.3. The first-order chi connectivity index (χ1) is 12.1. The normalized spacial score (nSPS) is 11.6. The maximum absolute atomic E-state index is 11.0. The van der Waals surface area contributed by atoms with E-state index in [2.05, 4.69) is 0 Å². The summed E-state index contributed by atoms with van der Waals surface area (Å²) in [5.74, 6) is 1.06. The summed E-state index contributed by atoms with van der Waals surface area (Å²) in [6, 6.07) is 14.7. The number of carboxylic acids is 1. The van der Waals surface area contributed by atoms with Gasteiger partial charge in [0.25, 0.3) is 0 Å². The van der Waals surface area contributed by atoms with Crippen molar-refractivity contribution >= 4 is 5.97 Å². The molecule has 1 atom stereocenters. The summed E-state index contributed by atoms with van der Waals surface area (Å²) in [5, 5.41) is 8.99. The fourth-order valence-electron chi connectivity index (χ4n) is 2.26. The Hall–Kier alpha value is -2.73. The van der Waals surface area contributed by atoms with E-state index in [0.29, 0.717) is 36.9 Å². The Balaban J connectivity index is 1.79. The Labute approximate surface area is 146 Å². The van der Waals surface area contributed by atoms with Crippen LogP contribution in [0.4, 0.5) is 0 Å². The molecule has 0 bridgehead atoms. The molecule has 6 nitrogen and oxygen atoms in total. The molecular weight excluding hydrogens is 324 g/mol. The van der Waals surface area contributed by atoms with Crippen LogP contribution in [0.15, 0.2) is 48.5 Å². The average Bonchev–Trinajstić information content (AvgIpc) is 2.64. The Morgan fingerprint density at radius 2 is 1.60 bits per heavy atom. The van der Waals surface area contributed by atoms with Gasteiger partial charge in [-0.25, -0.2) is 4.79 Å². The van der Waals surface area contributed by atoms with Gasteiger partial charge in [0.1, 0.15) is 19.0 Å². The zero-order chi connectivity index (χ0) is 18.1. The first-order valence-electron chi connectivity index (χ1n) is 7.87. The van der Waals surface area contributed by atoms with E-state index in [1.165, 1.54) is 7.11 Å². The molecule has 0 aliphatic carbocycles. The van der Waals surface area contributed by atoms with E-state index in [-0.39, 0.29) is 0 Å². The van der Waals surface area contributed by atoms with Crippen molar-refractivity contribution in [1.82, 2.24) is 0 Å². The molecule has 0 aliphatic heterocycles. The molecule has 134 valence electrons. The van der Waals surface area contributed by atoms with Crippen molar-refractivity contribution in [3.8, 4) is 17.2 Å². The fourth-order valence-corrected chi connectivity index (χ4v) is 2.26. The molecule has 0 fully saturated rings. The van der Waals surface area contributed by atoms with Gasteiger partial charge in [0, 0.05) is 13.5 Å². The van der Waals surface area contributed by atoms with E-state index in [1.807, 2.05) is 36.4 Å². The molecule has 0 spiro atoms. The van der Waals surface area contributed by atoms with E-state index in [0.717, 1.165) is 5.56 Å². The van der Waals surface area contributed by atoms with Crippen LogP contribution in [-0.2, 0) is 16.0 Å². The number of hydrogen-bond acceptors (Lipinski definition) is 5. The van der Waals surface area contributed by atoms with E-state index in [4.69, 9.17) is 24.1 Å². The topological polar surface area (TPSA) is 74.2 Å². The summed E-state index contributed by atoms with van der Waals surface area (Å²) in [6.07, 6.45) is -0.538. The third-order valence-corrected chi connectivity index (χ3v) is 3.58. The molecule has 2 aromatic rings. The van der Waals surface area contributed by atoms with Crippen LogP contribution < -0.4 is 14.2 Å². The fraction of sp³-hybridized carbons (Fsp3) is 0.316. The van der Waals surface area contributed by atoms with Crippen molar-refractivity contribution < 1.29 is 28.8 Å². The Bertz CT molecular complexity index is 668. The van der Waals surface area contributed by atoms with E-state index >= 15 is 0 Å². The number of hydrogen-bond donors (Lipinski definition) is 1. The standard InChI is InChI=1S/C19H22O6/c1-22-16-5-3-4-6-17(16)25-12-11-24-15-9-7-14(8-10-15)13-18(23-2)19(20)21/h3-10,18H,11-13H2,1-2H3,(H,20,21)/t18-/m0/s1. The summed E-state index contributed by atoms with van der Waals surface area (Å²) in [6.45, 7) is 0.764. The Morgan fingerprint density at radius 1 is 0.960 bits per heavy atom. The molecular formula is C19H22O6. The van der Waals surface area contributed by atoms with Crippen LogP contribution in [0.25, 0.3) is 0 Å². The average molecular weight is 346 g/mol. The van der Waals surface area contributed by atoms with Gasteiger partial charge in [-0.2, -0.15) is 0 Å². The van der Waals surface area contributed by atoms with Gasteiger partial charge >= 0.3 is 5.97 Å². The first-order valence-corrected chi connectivity index (χ1v) is 7.87. The molecule has 25 heavy (non-hydrogen) atoms.